The summed E-state index contributed by atoms with van der Waals surface area (Å²) in [7, 11) is 0. The predicted octanol–water partition coefficient (Wildman–Crippen LogP) is 4.15. The normalized spacial score (nSPS) is 10.4. The van der Waals surface area contributed by atoms with Crippen LogP contribution in [0, 0.1) is 27.7 Å². The van der Waals surface area contributed by atoms with Crippen LogP contribution < -0.4 is 0 Å². The number of hydrogen-bond acceptors (Lipinski definition) is 1. The van der Waals surface area contributed by atoms with Crippen LogP contribution in [-0.2, 0) is 0 Å². The lowest BCUT2D eigenvalue weighted by molar-refractivity contribution is 0.103. The van der Waals surface area contributed by atoms with Gasteiger partial charge in [0.15, 0.2) is 5.78 Å². The molecule has 0 saturated carbocycles. The van der Waals surface area contributed by atoms with Gasteiger partial charge in [-0.15, -0.1) is 0 Å². The van der Waals surface area contributed by atoms with Crippen molar-refractivity contribution in [1.82, 2.24) is 0 Å². The van der Waals surface area contributed by atoms with Gasteiger partial charge in [-0.05, 0) is 50.5 Å². The molecule has 1 heteroatoms. The van der Waals surface area contributed by atoms with Gasteiger partial charge >= 0.3 is 0 Å². The Morgan fingerprint density at radius 2 is 1.56 bits per heavy atom. The van der Waals surface area contributed by atoms with E-state index in [1.165, 1.54) is 0 Å². The summed E-state index contributed by atoms with van der Waals surface area (Å²) >= 11 is 0. The molecule has 0 aromatic heterocycles. The Labute approximate surface area is 108 Å². The standard InChI is InChI=1S/C17H18O/c1-11-8-9-13(3)16(10-11)17(18)15-7-5-6-12(2)14(15)4/h5-10H,1-4H3. The Kier molecular flexibility index (Phi) is 3.33. The summed E-state index contributed by atoms with van der Waals surface area (Å²) in [4.78, 5) is 12.6. The van der Waals surface area contributed by atoms with Crippen LogP contribution in [0.5, 0.6) is 0 Å². The second-order valence-electron chi connectivity index (χ2n) is 4.89. The summed E-state index contributed by atoms with van der Waals surface area (Å²) < 4.78 is 0. The van der Waals surface area contributed by atoms with Gasteiger partial charge in [0.05, 0.1) is 0 Å². The Bertz CT molecular complexity index is 605. The van der Waals surface area contributed by atoms with Crippen molar-refractivity contribution in [3.8, 4) is 0 Å². The van der Waals surface area contributed by atoms with E-state index < -0.39 is 0 Å². The predicted molar refractivity (Wildman–Crippen MR) is 75.3 cm³/mol. The average molecular weight is 238 g/mol. The topological polar surface area (TPSA) is 17.1 Å². The summed E-state index contributed by atoms with van der Waals surface area (Å²) in [6, 6.07) is 11.9. The molecule has 18 heavy (non-hydrogen) atoms. The molecule has 0 fully saturated rings. The van der Waals surface area contributed by atoms with E-state index in [0.717, 1.165) is 33.4 Å². The largest absolute Gasteiger partial charge is 0.289 e. The van der Waals surface area contributed by atoms with Gasteiger partial charge in [-0.25, -0.2) is 0 Å². The third-order valence-electron chi connectivity index (χ3n) is 3.49. The van der Waals surface area contributed by atoms with E-state index in [4.69, 9.17) is 0 Å². The molecule has 1 nitrogen and oxygen atoms in total. The van der Waals surface area contributed by atoms with E-state index in [-0.39, 0.29) is 5.78 Å². The maximum atomic E-state index is 12.6. The fourth-order valence-electron chi connectivity index (χ4n) is 2.12. The first kappa shape index (κ1) is 12.6. The number of ketones is 1. The molecule has 0 heterocycles. The molecule has 0 aliphatic rings. The second-order valence-corrected chi connectivity index (χ2v) is 4.89. The lowest BCUT2D eigenvalue weighted by atomic mass is 9.93. The Balaban J connectivity index is 2.55. The molecule has 0 unspecified atom stereocenters. The van der Waals surface area contributed by atoms with Crippen molar-refractivity contribution in [3.63, 3.8) is 0 Å². The van der Waals surface area contributed by atoms with E-state index in [9.17, 15) is 4.79 Å². The molecule has 0 N–H and O–H groups in total. The van der Waals surface area contributed by atoms with Crippen molar-refractivity contribution in [3.05, 3.63) is 69.8 Å². The van der Waals surface area contributed by atoms with Crippen LogP contribution in [0.25, 0.3) is 0 Å². The Hall–Kier alpha value is -1.89. The summed E-state index contributed by atoms with van der Waals surface area (Å²) in [5.41, 5.74) is 6.00. The van der Waals surface area contributed by atoms with Crippen LogP contribution in [0.1, 0.15) is 38.2 Å². The van der Waals surface area contributed by atoms with Crippen molar-refractivity contribution in [2.75, 3.05) is 0 Å². The molecule has 2 aromatic rings. The quantitative estimate of drug-likeness (QED) is 0.718. The second kappa shape index (κ2) is 4.77. The van der Waals surface area contributed by atoms with Gasteiger partial charge in [0.25, 0.3) is 0 Å². The highest BCUT2D eigenvalue weighted by atomic mass is 16.1. The van der Waals surface area contributed by atoms with Gasteiger partial charge in [-0.2, -0.15) is 0 Å². The highest BCUT2D eigenvalue weighted by Crippen LogP contribution is 2.20. The summed E-state index contributed by atoms with van der Waals surface area (Å²) in [6.45, 7) is 8.04. The first-order valence-corrected chi connectivity index (χ1v) is 6.19. The SMILES string of the molecule is Cc1ccc(C)c(C(=O)c2cccc(C)c2C)c1. The number of benzene rings is 2. The van der Waals surface area contributed by atoms with Crippen molar-refractivity contribution in [2.45, 2.75) is 27.7 Å². The van der Waals surface area contributed by atoms with Crippen molar-refractivity contribution in [1.29, 1.82) is 0 Å². The number of rotatable bonds is 2. The molecule has 0 bridgehead atoms. The van der Waals surface area contributed by atoms with E-state index in [1.807, 2.05) is 64.1 Å². The number of carbonyl (C=O) groups excluding carboxylic acids is 1. The molecule has 0 aliphatic carbocycles. The monoisotopic (exact) mass is 238 g/mol. The molecule has 0 saturated heterocycles. The Morgan fingerprint density at radius 1 is 0.833 bits per heavy atom. The molecular weight excluding hydrogens is 220 g/mol. The third-order valence-corrected chi connectivity index (χ3v) is 3.49. The minimum atomic E-state index is 0.123. The van der Waals surface area contributed by atoms with Crippen LogP contribution >= 0.6 is 0 Å². The molecule has 0 aliphatic heterocycles. The number of aryl methyl sites for hydroxylation is 3. The molecule has 0 spiro atoms. The van der Waals surface area contributed by atoms with Crippen LogP contribution in [0.15, 0.2) is 36.4 Å². The minimum absolute atomic E-state index is 0.123. The van der Waals surface area contributed by atoms with E-state index in [1.54, 1.807) is 0 Å². The van der Waals surface area contributed by atoms with Gasteiger partial charge in [0, 0.05) is 11.1 Å². The van der Waals surface area contributed by atoms with E-state index in [2.05, 4.69) is 0 Å². The van der Waals surface area contributed by atoms with Gasteiger partial charge in [-0.1, -0.05) is 35.9 Å². The zero-order valence-corrected chi connectivity index (χ0v) is 11.4. The smallest absolute Gasteiger partial charge is 0.193 e. The highest BCUT2D eigenvalue weighted by molar-refractivity contribution is 6.11. The summed E-state index contributed by atoms with van der Waals surface area (Å²) in [5, 5.41) is 0. The minimum Gasteiger partial charge on any atom is -0.289 e. The fourth-order valence-corrected chi connectivity index (χ4v) is 2.12. The van der Waals surface area contributed by atoms with Crippen LogP contribution in [0.3, 0.4) is 0 Å². The van der Waals surface area contributed by atoms with Crippen molar-refractivity contribution >= 4 is 5.78 Å². The van der Waals surface area contributed by atoms with Crippen molar-refractivity contribution < 1.29 is 4.79 Å². The molecular formula is C17H18O. The lowest BCUT2D eigenvalue weighted by Gasteiger charge is -2.10. The third kappa shape index (κ3) is 2.21. The van der Waals surface area contributed by atoms with Gasteiger partial charge in [0.1, 0.15) is 0 Å². The maximum absolute atomic E-state index is 12.6. The van der Waals surface area contributed by atoms with Crippen molar-refractivity contribution in [2.24, 2.45) is 0 Å². The zero-order valence-electron chi connectivity index (χ0n) is 11.4. The summed E-state index contributed by atoms with van der Waals surface area (Å²) in [6.07, 6.45) is 0. The molecule has 92 valence electrons. The first-order valence-electron chi connectivity index (χ1n) is 6.19. The summed E-state index contributed by atoms with van der Waals surface area (Å²) in [5.74, 6) is 0.123. The molecule has 0 radical (unpaired) electrons. The van der Waals surface area contributed by atoms with Crippen LogP contribution in [0.4, 0.5) is 0 Å². The average Bonchev–Trinajstić information content (AvgIpc) is 2.35. The molecule has 2 aromatic carbocycles. The zero-order chi connectivity index (χ0) is 13.3. The number of hydrogen-bond donors (Lipinski definition) is 0. The Morgan fingerprint density at radius 3 is 2.28 bits per heavy atom. The number of carbonyl (C=O) groups is 1. The van der Waals surface area contributed by atoms with Gasteiger partial charge in [-0.3, -0.25) is 4.79 Å². The van der Waals surface area contributed by atoms with Crippen LogP contribution in [0.2, 0.25) is 0 Å². The highest BCUT2D eigenvalue weighted by Gasteiger charge is 2.14. The lowest BCUT2D eigenvalue weighted by Crippen LogP contribution is -2.07. The van der Waals surface area contributed by atoms with Gasteiger partial charge < -0.3 is 0 Å². The molecule has 0 atom stereocenters. The fraction of sp³-hybridized carbons (Fsp3) is 0.235. The van der Waals surface area contributed by atoms with E-state index in [0.29, 0.717) is 0 Å². The molecule has 0 amide bonds. The first-order chi connectivity index (χ1) is 8.50. The van der Waals surface area contributed by atoms with E-state index >= 15 is 0 Å². The van der Waals surface area contributed by atoms with Crippen LogP contribution in [-0.4, -0.2) is 5.78 Å². The molecule has 2 rings (SSSR count). The van der Waals surface area contributed by atoms with Gasteiger partial charge in [0.2, 0.25) is 0 Å². The maximum Gasteiger partial charge on any atom is 0.193 e.